The molecule has 0 fully saturated rings. The second kappa shape index (κ2) is 6.52. The molecule has 0 unspecified atom stereocenters. The molecule has 2 aromatic rings. The highest BCUT2D eigenvalue weighted by Gasteiger charge is 2.09. The maximum absolute atomic E-state index is 11.8. The number of hydrogen-bond donors (Lipinski definition) is 1. The van der Waals surface area contributed by atoms with Gasteiger partial charge in [-0.25, -0.2) is 8.42 Å². The Morgan fingerprint density at radius 2 is 1.60 bits per heavy atom. The topological polar surface area (TPSA) is 59.1 Å². The van der Waals surface area contributed by atoms with E-state index in [2.05, 4.69) is 9.71 Å². The standard InChI is InChI=1S/C15H18N2O2S/c1-2-3-12-20(18,19)17-15-6-4-13(5-7-15)14-8-10-16-11-9-14/h4-11,17H,2-3,12H2,1H3. The number of rotatable bonds is 6. The highest BCUT2D eigenvalue weighted by atomic mass is 32.2. The molecule has 0 aliphatic rings. The lowest BCUT2D eigenvalue weighted by atomic mass is 10.1. The van der Waals surface area contributed by atoms with Gasteiger partial charge in [-0.15, -0.1) is 0 Å². The Balaban J connectivity index is 2.09. The molecule has 1 heterocycles. The van der Waals surface area contributed by atoms with E-state index in [1.54, 1.807) is 24.5 Å². The minimum absolute atomic E-state index is 0.162. The molecule has 0 saturated heterocycles. The monoisotopic (exact) mass is 290 g/mol. The third kappa shape index (κ3) is 4.06. The fourth-order valence-corrected chi connectivity index (χ4v) is 3.11. The molecule has 0 atom stereocenters. The Bertz CT molecular complexity index is 637. The summed E-state index contributed by atoms with van der Waals surface area (Å²) in [6.45, 7) is 1.97. The SMILES string of the molecule is CCCCS(=O)(=O)Nc1ccc(-c2ccncc2)cc1. The molecule has 0 aliphatic heterocycles. The average molecular weight is 290 g/mol. The Morgan fingerprint density at radius 1 is 1.00 bits per heavy atom. The van der Waals surface area contributed by atoms with Gasteiger partial charge in [0.1, 0.15) is 0 Å². The minimum atomic E-state index is -3.23. The molecule has 20 heavy (non-hydrogen) atoms. The van der Waals surface area contributed by atoms with E-state index in [0.717, 1.165) is 17.5 Å². The first kappa shape index (κ1) is 14.5. The second-order valence-electron chi connectivity index (χ2n) is 4.59. The second-order valence-corrected chi connectivity index (χ2v) is 6.43. The molecule has 1 aromatic carbocycles. The quantitative estimate of drug-likeness (QED) is 0.888. The molecule has 0 aliphatic carbocycles. The van der Waals surface area contributed by atoms with E-state index in [1.807, 2.05) is 31.2 Å². The lowest BCUT2D eigenvalue weighted by Gasteiger charge is -2.08. The molecule has 106 valence electrons. The summed E-state index contributed by atoms with van der Waals surface area (Å²) in [5.41, 5.74) is 2.68. The summed E-state index contributed by atoms with van der Waals surface area (Å²) in [6.07, 6.45) is 5.00. The van der Waals surface area contributed by atoms with Gasteiger partial charge >= 0.3 is 0 Å². The summed E-state index contributed by atoms with van der Waals surface area (Å²) in [5, 5.41) is 0. The first-order valence-corrected chi connectivity index (χ1v) is 8.27. The molecule has 1 aromatic heterocycles. The molecule has 4 nitrogen and oxygen atoms in total. The van der Waals surface area contributed by atoms with Crippen molar-refractivity contribution in [2.75, 3.05) is 10.5 Å². The van der Waals surface area contributed by atoms with Crippen molar-refractivity contribution < 1.29 is 8.42 Å². The van der Waals surface area contributed by atoms with Crippen LogP contribution in [0, 0.1) is 0 Å². The van der Waals surface area contributed by atoms with E-state index < -0.39 is 10.0 Å². The minimum Gasteiger partial charge on any atom is -0.284 e. The Labute approximate surface area is 119 Å². The lowest BCUT2D eigenvalue weighted by Crippen LogP contribution is -2.16. The first-order chi connectivity index (χ1) is 9.61. The third-order valence-electron chi connectivity index (χ3n) is 2.94. The molecule has 0 amide bonds. The molecule has 5 heteroatoms. The van der Waals surface area contributed by atoms with E-state index in [1.165, 1.54) is 0 Å². The number of nitrogens with one attached hydrogen (secondary N) is 1. The summed E-state index contributed by atoms with van der Waals surface area (Å²) in [7, 11) is -3.23. The van der Waals surface area contributed by atoms with Crippen molar-refractivity contribution in [3.8, 4) is 11.1 Å². The Hall–Kier alpha value is -1.88. The summed E-state index contributed by atoms with van der Waals surface area (Å²) < 4.78 is 26.2. The van der Waals surface area contributed by atoms with Crippen LogP contribution >= 0.6 is 0 Å². The lowest BCUT2D eigenvalue weighted by molar-refractivity contribution is 0.598. The van der Waals surface area contributed by atoms with Crippen LogP contribution in [0.2, 0.25) is 0 Å². The van der Waals surface area contributed by atoms with Crippen LogP contribution in [0.4, 0.5) is 5.69 Å². The molecule has 0 radical (unpaired) electrons. The van der Waals surface area contributed by atoms with Crippen LogP contribution in [0.1, 0.15) is 19.8 Å². The Morgan fingerprint density at radius 3 is 2.20 bits per heavy atom. The maximum Gasteiger partial charge on any atom is 0.232 e. The maximum atomic E-state index is 11.8. The average Bonchev–Trinajstić information content (AvgIpc) is 2.46. The smallest absolute Gasteiger partial charge is 0.232 e. The van der Waals surface area contributed by atoms with Crippen LogP contribution in [0.25, 0.3) is 11.1 Å². The number of unbranched alkanes of at least 4 members (excludes halogenated alkanes) is 1. The molecular formula is C15H18N2O2S. The largest absolute Gasteiger partial charge is 0.284 e. The zero-order chi connectivity index (χ0) is 14.4. The van der Waals surface area contributed by atoms with E-state index in [4.69, 9.17) is 0 Å². The van der Waals surface area contributed by atoms with E-state index >= 15 is 0 Å². The van der Waals surface area contributed by atoms with Gasteiger partial charge < -0.3 is 0 Å². The van der Waals surface area contributed by atoms with Crippen LogP contribution in [0.3, 0.4) is 0 Å². The van der Waals surface area contributed by atoms with Crippen LogP contribution < -0.4 is 4.72 Å². The fraction of sp³-hybridized carbons (Fsp3) is 0.267. The molecule has 0 bridgehead atoms. The van der Waals surface area contributed by atoms with Crippen LogP contribution in [-0.4, -0.2) is 19.2 Å². The number of anilines is 1. The van der Waals surface area contributed by atoms with Gasteiger partial charge in [0.15, 0.2) is 0 Å². The highest BCUT2D eigenvalue weighted by molar-refractivity contribution is 7.92. The van der Waals surface area contributed by atoms with Gasteiger partial charge in [0.2, 0.25) is 10.0 Å². The van der Waals surface area contributed by atoms with Crippen molar-refractivity contribution in [2.45, 2.75) is 19.8 Å². The predicted molar refractivity (Wildman–Crippen MR) is 82.0 cm³/mol. The van der Waals surface area contributed by atoms with Crippen molar-refractivity contribution >= 4 is 15.7 Å². The van der Waals surface area contributed by atoms with E-state index in [0.29, 0.717) is 12.1 Å². The third-order valence-corrected chi connectivity index (χ3v) is 4.31. The summed E-state index contributed by atoms with van der Waals surface area (Å²) >= 11 is 0. The molecule has 1 N–H and O–H groups in total. The van der Waals surface area contributed by atoms with Gasteiger partial charge in [-0.2, -0.15) is 0 Å². The number of sulfonamides is 1. The summed E-state index contributed by atoms with van der Waals surface area (Å²) in [6, 6.07) is 11.2. The van der Waals surface area contributed by atoms with Crippen molar-refractivity contribution in [2.24, 2.45) is 0 Å². The molecule has 2 rings (SSSR count). The van der Waals surface area contributed by atoms with Crippen molar-refractivity contribution in [1.82, 2.24) is 4.98 Å². The van der Waals surface area contributed by atoms with E-state index in [9.17, 15) is 8.42 Å². The number of pyridine rings is 1. The van der Waals surface area contributed by atoms with Crippen LogP contribution in [0.15, 0.2) is 48.8 Å². The van der Waals surface area contributed by atoms with Crippen molar-refractivity contribution in [3.63, 3.8) is 0 Å². The van der Waals surface area contributed by atoms with Gasteiger partial charge in [-0.3, -0.25) is 9.71 Å². The zero-order valence-corrected chi connectivity index (χ0v) is 12.2. The predicted octanol–water partition coefficient (Wildman–Crippen LogP) is 3.29. The number of aromatic nitrogens is 1. The van der Waals surface area contributed by atoms with Crippen LogP contribution in [0.5, 0.6) is 0 Å². The number of hydrogen-bond acceptors (Lipinski definition) is 3. The first-order valence-electron chi connectivity index (χ1n) is 6.62. The molecule has 0 spiro atoms. The normalized spacial score (nSPS) is 11.2. The van der Waals surface area contributed by atoms with Gasteiger partial charge in [0.05, 0.1) is 5.75 Å². The summed E-state index contributed by atoms with van der Waals surface area (Å²) in [4.78, 5) is 3.97. The molecular weight excluding hydrogens is 272 g/mol. The van der Waals surface area contributed by atoms with Gasteiger partial charge in [0.25, 0.3) is 0 Å². The van der Waals surface area contributed by atoms with Gasteiger partial charge in [-0.1, -0.05) is 25.5 Å². The fourth-order valence-electron chi connectivity index (χ4n) is 1.84. The van der Waals surface area contributed by atoms with Gasteiger partial charge in [0, 0.05) is 18.1 Å². The van der Waals surface area contributed by atoms with Crippen molar-refractivity contribution in [3.05, 3.63) is 48.8 Å². The summed E-state index contributed by atoms with van der Waals surface area (Å²) in [5.74, 6) is 0.162. The zero-order valence-electron chi connectivity index (χ0n) is 11.4. The number of nitrogens with zero attached hydrogens (tertiary/aromatic N) is 1. The van der Waals surface area contributed by atoms with Crippen LogP contribution in [-0.2, 0) is 10.0 Å². The highest BCUT2D eigenvalue weighted by Crippen LogP contribution is 2.21. The van der Waals surface area contributed by atoms with Crippen molar-refractivity contribution in [1.29, 1.82) is 0 Å². The van der Waals surface area contributed by atoms with Gasteiger partial charge in [-0.05, 0) is 41.8 Å². The molecule has 0 saturated carbocycles. The Kier molecular flexibility index (Phi) is 4.74. The van der Waals surface area contributed by atoms with E-state index in [-0.39, 0.29) is 5.75 Å². The number of benzene rings is 1.